The van der Waals surface area contributed by atoms with E-state index in [1.54, 1.807) is 6.20 Å². The highest BCUT2D eigenvalue weighted by Crippen LogP contribution is 2.29. The molecule has 3 heterocycles. The van der Waals surface area contributed by atoms with Crippen LogP contribution in [-0.4, -0.2) is 47.6 Å². The molecule has 1 fully saturated rings. The molecule has 0 aliphatic carbocycles. The Hall–Kier alpha value is -1.73. The summed E-state index contributed by atoms with van der Waals surface area (Å²) in [5.41, 5.74) is 0.932. The fourth-order valence-electron chi connectivity index (χ4n) is 3.29. The zero-order valence-electron chi connectivity index (χ0n) is 15.1. The van der Waals surface area contributed by atoms with E-state index in [-0.39, 0.29) is 11.5 Å². The van der Waals surface area contributed by atoms with Crippen LogP contribution in [0.4, 0.5) is 0 Å². The van der Waals surface area contributed by atoms with Gasteiger partial charge in [0.2, 0.25) is 0 Å². The van der Waals surface area contributed by atoms with Gasteiger partial charge in [-0.15, -0.1) is 5.10 Å². The molecule has 0 saturated carbocycles. The number of aliphatic hydroxyl groups excluding tert-OH is 1. The van der Waals surface area contributed by atoms with Gasteiger partial charge in [-0.2, -0.15) is 0 Å². The van der Waals surface area contributed by atoms with Crippen molar-refractivity contribution in [2.75, 3.05) is 13.1 Å². The molecule has 0 bridgehead atoms. The quantitative estimate of drug-likeness (QED) is 0.923. The summed E-state index contributed by atoms with van der Waals surface area (Å²) in [5, 5.41) is 19.2. The number of hydrogen-bond donors (Lipinski definition) is 1. The van der Waals surface area contributed by atoms with Crippen molar-refractivity contribution < 1.29 is 5.11 Å². The van der Waals surface area contributed by atoms with Crippen LogP contribution in [0.3, 0.4) is 0 Å². The zero-order valence-corrected chi connectivity index (χ0v) is 15.1. The lowest BCUT2D eigenvalue weighted by molar-refractivity contribution is 0.0401. The minimum absolute atomic E-state index is 0.0515. The number of piperidine rings is 1. The van der Waals surface area contributed by atoms with Crippen LogP contribution in [0.25, 0.3) is 0 Å². The Morgan fingerprint density at radius 2 is 2.17 bits per heavy atom. The van der Waals surface area contributed by atoms with Crippen LogP contribution in [0, 0.1) is 5.92 Å². The fourth-order valence-corrected chi connectivity index (χ4v) is 3.29. The summed E-state index contributed by atoms with van der Waals surface area (Å²) in [7, 11) is 1.93. The predicted molar refractivity (Wildman–Crippen MR) is 91.2 cm³/mol. The molecular formula is C17H28N6O. The predicted octanol–water partition coefficient (Wildman–Crippen LogP) is 1.71. The largest absolute Gasteiger partial charge is 0.385 e. The summed E-state index contributed by atoms with van der Waals surface area (Å²) in [5.74, 6) is 0.957. The van der Waals surface area contributed by atoms with Gasteiger partial charge in [-0.1, -0.05) is 5.21 Å². The van der Waals surface area contributed by atoms with Crippen molar-refractivity contribution in [3.63, 3.8) is 0 Å². The topological polar surface area (TPSA) is 72.0 Å². The van der Waals surface area contributed by atoms with Crippen molar-refractivity contribution in [1.82, 2.24) is 29.4 Å². The molecule has 0 radical (unpaired) electrons. The highest BCUT2D eigenvalue weighted by molar-refractivity contribution is 5.00. The third-order valence-electron chi connectivity index (χ3n) is 4.73. The first-order valence-electron chi connectivity index (χ1n) is 8.64. The third-order valence-corrected chi connectivity index (χ3v) is 4.73. The Balaban J connectivity index is 1.63. The van der Waals surface area contributed by atoms with Gasteiger partial charge in [0.05, 0.1) is 17.4 Å². The molecule has 7 heteroatoms. The Bertz CT molecular complexity index is 671. The Morgan fingerprint density at radius 3 is 2.79 bits per heavy atom. The maximum absolute atomic E-state index is 10.7. The molecule has 1 saturated heterocycles. The molecule has 2 atom stereocenters. The van der Waals surface area contributed by atoms with Crippen LogP contribution in [-0.2, 0) is 19.1 Å². The number of imidazole rings is 1. The zero-order chi connectivity index (χ0) is 17.3. The first-order valence-corrected chi connectivity index (χ1v) is 8.64. The van der Waals surface area contributed by atoms with E-state index in [0.29, 0.717) is 0 Å². The normalized spacial score (nSPS) is 21.1. The first kappa shape index (κ1) is 17.1. The molecule has 1 aliphatic rings. The van der Waals surface area contributed by atoms with E-state index >= 15 is 0 Å². The van der Waals surface area contributed by atoms with E-state index in [0.717, 1.165) is 44.0 Å². The Labute approximate surface area is 143 Å². The Morgan fingerprint density at radius 1 is 1.38 bits per heavy atom. The molecule has 2 aromatic heterocycles. The SMILES string of the molecule is Cn1ccnc1[C@@H](O)[C@@H]1CCCN(Cc2cn(C(C)(C)C)nn2)C1. The van der Waals surface area contributed by atoms with Gasteiger partial charge in [0.1, 0.15) is 11.9 Å². The third kappa shape index (κ3) is 3.67. The number of hydrogen-bond acceptors (Lipinski definition) is 5. The molecule has 1 aliphatic heterocycles. The molecular weight excluding hydrogens is 304 g/mol. The second-order valence-electron chi connectivity index (χ2n) is 7.80. The molecule has 0 amide bonds. The number of likely N-dealkylation sites (tertiary alicyclic amines) is 1. The van der Waals surface area contributed by atoms with Gasteiger partial charge < -0.3 is 9.67 Å². The lowest BCUT2D eigenvalue weighted by Crippen LogP contribution is -2.38. The molecule has 0 unspecified atom stereocenters. The van der Waals surface area contributed by atoms with Crippen molar-refractivity contribution in [2.45, 2.75) is 51.8 Å². The van der Waals surface area contributed by atoms with E-state index in [4.69, 9.17) is 0 Å². The van der Waals surface area contributed by atoms with Gasteiger partial charge in [0.15, 0.2) is 0 Å². The van der Waals surface area contributed by atoms with Gasteiger partial charge >= 0.3 is 0 Å². The van der Waals surface area contributed by atoms with Crippen LogP contribution in [0.1, 0.15) is 51.2 Å². The molecule has 132 valence electrons. The van der Waals surface area contributed by atoms with Crippen molar-refractivity contribution in [3.8, 4) is 0 Å². The van der Waals surface area contributed by atoms with Crippen molar-refractivity contribution in [2.24, 2.45) is 13.0 Å². The maximum atomic E-state index is 10.7. The first-order chi connectivity index (χ1) is 11.3. The summed E-state index contributed by atoms with van der Waals surface area (Å²) >= 11 is 0. The van der Waals surface area contributed by atoms with Crippen LogP contribution in [0.15, 0.2) is 18.6 Å². The van der Waals surface area contributed by atoms with Crippen LogP contribution in [0.2, 0.25) is 0 Å². The number of aromatic nitrogens is 5. The van der Waals surface area contributed by atoms with Crippen LogP contribution >= 0.6 is 0 Å². The van der Waals surface area contributed by atoms with E-state index in [9.17, 15) is 5.11 Å². The number of aryl methyl sites for hydroxylation is 1. The van der Waals surface area contributed by atoms with Crippen molar-refractivity contribution in [3.05, 3.63) is 30.1 Å². The molecule has 7 nitrogen and oxygen atoms in total. The summed E-state index contributed by atoms with van der Waals surface area (Å²) in [6.45, 7) is 9.02. The molecule has 24 heavy (non-hydrogen) atoms. The smallest absolute Gasteiger partial charge is 0.137 e. The minimum Gasteiger partial charge on any atom is -0.385 e. The highest BCUT2D eigenvalue weighted by Gasteiger charge is 2.29. The van der Waals surface area contributed by atoms with Gasteiger partial charge in [0.25, 0.3) is 0 Å². The summed E-state index contributed by atoms with van der Waals surface area (Å²) < 4.78 is 3.81. The highest BCUT2D eigenvalue weighted by atomic mass is 16.3. The lowest BCUT2D eigenvalue weighted by Gasteiger charge is -2.34. The average Bonchev–Trinajstić information content (AvgIpc) is 3.15. The Kier molecular flexibility index (Phi) is 4.73. The lowest BCUT2D eigenvalue weighted by atomic mass is 9.92. The molecule has 1 N–H and O–H groups in total. The van der Waals surface area contributed by atoms with Crippen molar-refractivity contribution >= 4 is 0 Å². The number of rotatable bonds is 4. The van der Waals surface area contributed by atoms with Gasteiger partial charge in [-0.05, 0) is 40.2 Å². The fraction of sp³-hybridized carbons (Fsp3) is 0.706. The summed E-state index contributed by atoms with van der Waals surface area (Å²) in [4.78, 5) is 6.66. The maximum Gasteiger partial charge on any atom is 0.137 e. The minimum atomic E-state index is -0.516. The van der Waals surface area contributed by atoms with E-state index in [1.807, 2.05) is 28.7 Å². The van der Waals surface area contributed by atoms with Crippen molar-refractivity contribution in [1.29, 1.82) is 0 Å². The molecule has 2 aromatic rings. The second-order valence-corrected chi connectivity index (χ2v) is 7.80. The second kappa shape index (κ2) is 6.64. The van der Waals surface area contributed by atoms with Gasteiger partial charge in [-0.3, -0.25) is 4.90 Å². The van der Waals surface area contributed by atoms with E-state index in [1.165, 1.54) is 0 Å². The van der Waals surface area contributed by atoms with E-state index in [2.05, 4.69) is 41.0 Å². The molecule has 0 spiro atoms. The van der Waals surface area contributed by atoms with Gasteiger partial charge in [-0.25, -0.2) is 9.67 Å². The standard InChI is InChI=1S/C17H28N6O/c1-17(2,3)23-12-14(19-20-23)11-22-8-5-6-13(10-22)15(24)16-18-7-9-21(16)4/h7,9,12-13,15,24H,5-6,8,10-11H2,1-4H3/t13-,15+/m1/s1. The van der Waals surface area contributed by atoms with E-state index < -0.39 is 6.10 Å². The van der Waals surface area contributed by atoms with Crippen LogP contribution in [0.5, 0.6) is 0 Å². The van der Waals surface area contributed by atoms with Crippen LogP contribution < -0.4 is 0 Å². The average molecular weight is 332 g/mol. The monoisotopic (exact) mass is 332 g/mol. The summed E-state index contributed by atoms with van der Waals surface area (Å²) in [6.07, 6.45) is 7.24. The number of nitrogens with zero attached hydrogens (tertiary/aromatic N) is 6. The van der Waals surface area contributed by atoms with Gasteiger partial charge in [0, 0.05) is 38.4 Å². The molecule has 0 aromatic carbocycles. The number of aliphatic hydroxyl groups is 1. The summed E-state index contributed by atoms with van der Waals surface area (Å²) in [6, 6.07) is 0. The molecule has 3 rings (SSSR count).